The number of pyridine rings is 1. The molecule has 204 valence electrons. The van der Waals surface area contributed by atoms with Gasteiger partial charge in [-0.1, -0.05) is 24.4 Å². The first-order valence-electron chi connectivity index (χ1n) is 14.3. The molecule has 8 heteroatoms. The lowest BCUT2D eigenvalue weighted by Gasteiger charge is -2.52. The molecular formula is C30H40ClN5OS. The highest BCUT2D eigenvalue weighted by atomic mass is 35.5. The van der Waals surface area contributed by atoms with Crippen molar-refractivity contribution in [1.82, 2.24) is 14.9 Å². The zero-order valence-electron chi connectivity index (χ0n) is 22.8. The van der Waals surface area contributed by atoms with Crippen molar-refractivity contribution in [2.24, 2.45) is 5.41 Å². The molecule has 3 fully saturated rings. The predicted octanol–water partition coefficient (Wildman–Crippen LogP) is 7.01. The standard InChI is InChI=1S/C30H40ClN5OS/c1-19(2)35-12-10-30(11-13-35)17-23(18-30)38-22-8-9-25(20(3)14-22)32-28-16-27-26(33-34-28)15-24(31)29(37)36(27)21-6-4-5-7-21/h8-9,14-16,19,21,23,32-34H,4-7,10-13,17-18H2,1-3H3. The van der Waals surface area contributed by atoms with E-state index < -0.39 is 0 Å². The van der Waals surface area contributed by atoms with E-state index in [2.05, 4.69) is 60.0 Å². The average molecular weight is 554 g/mol. The van der Waals surface area contributed by atoms with Gasteiger partial charge < -0.3 is 14.8 Å². The maximum atomic E-state index is 13.0. The molecule has 0 radical (unpaired) electrons. The van der Waals surface area contributed by atoms with Gasteiger partial charge in [-0.2, -0.15) is 0 Å². The second-order valence-electron chi connectivity index (χ2n) is 12.1. The molecule has 2 saturated carbocycles. The number of benzene rings is 1. The summed E-state index contributed by atoms with van der Waals surface area (Å²) < 4.78 is 1.89. The third-order valence-electron chi connectivity index (χ3n) is 9.21. The number of thioether (sulfide) groups is 1. The normalized spacial score (nSPS) is 21.6. The SMILES string of the molecule is Cc1cc(SC2CC3(CCN(C(C)C)CC3)C2)ccc1NC1=Cc2c(cc(Cl)c(=O)n2C2CCCC2)NN1. The van der Waals surface area contributed by atoms with Crippen LogP contribution in [0.1, 0.15) is 82.5 Å². The van der Waals surface area contributed by atoms with Crippen LogP contribution in [-0.2, 0) is 0 Å². The Labute approximate surface area is 235 Å². The topological polar surface area (TPSA) is 61.3 Å². The Balaban J connectivity index is 1.12. The summed E-state index contributed by atoms with van der Waals surface area (Å²) in [6, 6.07) is 9.33. The molecule has 6 rings (SSSR count). The number of nitrogens with one attached hydrogen (secondary N) is 3. The molecule has 2 aliphatic heterocycles. The number of hydrogen-bond acceptors (Lipinski definition) is 6. The lowest BCUT2D eigenvalue weighted by Crippen LogP contribution is -2.49. The van der Waals surface area contributed by atoms with E-state index >= 15 is 0 Å². The Morgan fingerprint density at radius 1 is 1.11 bits per heavy atom. The summed E-state index contributed by atoms with van der Waals surface area (Å²) in [6.07, 6.45) is 11.8. The van der Waals surface area contributed by atoms with Crippen LogP contribution in [0.2, 0.25) is 5.02 Å². The second kappa shape index (κ2) is 10.5. The zero-order valence-corrected chi connectivity index (χ0v) is 24.4. The van der Waals surface area contributed by atoms with Crippen LogP contribution in [0.4, 0.5) is 11.4 Å². The maximum Gasteiger partial charge on any atom is 0.270 e. The highest BCUT2D eigenvalue weighted by Gasteiger charge is 2.46. The van der Waals surface area contributed by atoms with Crippen molar-refractivity contribution in [3.05, 3.63) is 56.7 Å². The molecule has 6 nitrogen and oxygen atoms in total. The summed E-state index contributed by atoms with van der Waals surface area (Å²) in [5.41, 5.74) is 11.0. The largest absolute Gasteiger partial charge is 0.340 e. The number of halogens is 1. The molecule has 1 aromatic heterocycles. The Bertz CT molecular complexity index is 1280. The Hall–Kier alpha value is -2.09. The van der Waals surface area contributed by atoms with Crippen molar-refractivity contribution >= 4 is 40.8 Å². The number of hydrogen-bond donors (Lipinski definition) is 3. The summed E-state index contributed by atoms with van der Waals surface area (Å²) in [5, 5.41) is 4.53. The van der Waals surface area contributed by atoms with Gasteiger partial charge in [0.05, 0.1) is 11.4 Å². The van der Waals surface area contributed by atoms with E-state index in [1.807, 2.05) is 22.4 Å². The van der Waals surface area contributed by atoms with E-state index in [0.717, 1.165) is 53.8 Å². The summed E-state index contributed by atoms with van der Waals surface area (Å²) in [6.45, 7) is 9.33. The van der Waals surface area contributed by atoms with Crippen LogP contribution in [0.15, 0.2) is 39.8 Å². The van der Waals surface area contributed by atoms with Gasteiger partial charge in [0.2, 0.25) is 0 Å². The van der Waals surface area contributed by atoms with Gasteiger partial charge in [-0.25, -0.2) is 0 Å². The van der Waals surface area contributed by atoms with Crippen molar-refractivity contribution in [2.45, 2.75) is 94.4 Å². The first-order valence-corrected chi connectivity index (χ1v) is 15.5. The minimum absolute atomic E-state index is 0.0996. The molecule has 3 N–H and O–H groups in total. The van der Waals surface area contributed by atoms with Crippen molar-refractivity contribution in [2.75, 3.05) is 23.8 Å². The smallest absolute Gasteiger partial charge is 0.270 e. The number of rotatable bonds is 6. The molecule has 0 unspecified atom stereocenters. The molecule has 38 heavy (non-hydrogen) atoms. The second-order valence-corrected chi connectivity index (χ2v) is 13.9. The van der Waals surface area contributed by atoms with E-state index in [1.54, 1.807) is 6.07 Å². The number of aryl methyl sites for hydroxylation is 1. The summed E-state index contributed by atoms with van der Waals surface area (Å²) in [5.74, 6) is 0.822. The van der Waals surface area contributed by atoms with E-state index in [-0.39, 0.29) is 16.6 Å². The summed E-state index contributed by atoms with van der Waals surface area (Å²) >= 11 is 8.35. The van der Waals surface area contributed by atoms with Gasteiger partial charge in [0, 0.05) is 34.0 Å². The van der Waals surface area contributed by atoms with E-state index in [9.17, 15) is 4.79 Å². The van der Waals surface area contributed by atoms with Crippen LogP contribution in [-0.4, -0.2) is 33.8 Å². The minimum atomic E-state index is -0.0996. The Morgan fingerprint density at radius 3 is 2.53 bits per heavy atom. The average Bonchev–Trinajstić information content (AvgIpc) is 3.40. The quantitative estimate of drug-likeness (QED) is 0.357. The monoisotopic (exact) mass is 553 g/mol. The molecule has 1 spiro atoms. The molecule has 0 atom stereocenters. The Morgan fingerprint density at radius 2 is 1.84 bits per heavy atom. The van der Waals surface area contributed by atoms with Crippen molar-refractivity contribution < 1.29 is 0 Å². The molecule has 1 saturated heterocycles. The number of aromatic nitrogens is 1. The fourth-order valence-corrected chi connectivity index (χ4v) is 8.71. The van der Waals surface area contributed by atoms with Gasteiger partial charge in [-0.05, 0) is 108 Å². The third-order valence-corrected chi connectivity index (χ3v) is 10.7. The van der Waals surface area contributed by atoms with E-state index in [0.29, 0.717) is 11.5 Å². The van der Waals surface area contributed by atoms with Gasteiger partial charge in [-0.15, -0.1) is 11.8 Å². The third kappa shape index (κ3) is 5.09. The van der Waals surface area contributed by atoms with E-state index in [4.69, 9.17) is 11.6 Å². The number of nitrogens with zero attached hydrogens (tertiary/aromatic N) is 2. The highest BCUT2D eigenvalue weighted by molar-refractivity contribution is 8.00. The highest BCUT2D eigenvalue weighted by Crippen LogP contribution is 2.55. The van der Waals surface area contributed by atoms with Crippen LogP contribution in [0.3, 0.4) is 0 Å². The zero-order chi connectivity index (χ0) is 26.4. The molecular weight excluding hydrogens is 514 g/mol. The molecule has 4 aliphatic rings. The predicted molar refractivity (Wildman–Crippen MR) is 160 cm³/mol. The van der Waals surface area contributed by atoms with Crippen LogP contribution < -0.4 is 21.7 Å². The fraction of sp³-hybridized carbons (Fsp3) is 0.567. The fourth-order valence-electron chi connectivity index (χ4n) is 6.86. The lowest BCUT2D eigenvalue weighted by molar-refractivity contribution is 0.0267. The lowest BCUT2D eigenvalue weighted by atomic mass is 9.63. The van der Waals surface area contributed by atoms with Crippen molar-refractivity contribution in [1.29, 1.82) is 0 Å². The van der Waals surface area contributed by atoms with Gasteiger partial charge in [0.1, 0.15) is 10.8 Å². The molecule has 1 aromatic carbocycles. The van der Waals surface area contributed by atoms with Crippen LogP contribution in [0.25, 0.3) is 6.08 Å². The number of hydrazine groups is 1. The number of piperidine rings is 1. The number of anilines is 2. The minimum Gasteiger partial charge on any atom is -0.340 e. The van der Waals surface area contributed by atoms with Crippen LogP contribution in [0.5, 0.6) is 0 Å². The van der Waals surface area contributed by atoms with Gasteiger partial charge in [0.25, 0.3) is 5.56 Å². The van der Waals surface area contributed by atoms with Crippen molar-refractivity contribution in [3.63, 3.8) is 0 Å². The summed E-state index contributed by atoms with van der Waals surface area (Å²) in [4.78, 5) is 17.0. The molecule has 0 amide bonds. The summed E-state index contributed by atoms with van der Waals surface area (Å²) in [7, 11) is 0. The van der Waals surface area contributed by atoms with Crippen molar-refractivity contribution in [3.8, 4) is 0 Å². The first kappa shape index (κ1) is 26.1. The van der Waals surface area contributed by atoms with Crippen LogP contribution in [0, 0.1) is 12.3 Å². The maximum absolute atomic E-state index is 13.0. The number of fused-ring (bicyclic) bond motifs is 1. The van der Waals surface area contributed by atoms with E-state index in [1.165, 1.54) is 49.2 Å². The molecule has 2 aromatic rings. The first-order chi connectivity index (χ1) is 18.3. The molecule has 0 bridgehead atoms. The van der Waals surface area contributed by atoms with Gasteiger partial charge >= 0.3 is 0 Å². The molecule has 3 heterocycles. The number of likely N-dealkylation sites (tertiary alicyclic amines) is 1. The van der Waals surface area contributed by atoms with Gasteiger partial charge in [-0.3, -0.25) is 15.6 Å². The van der Waals surface area contributed by atoms with Gasteiger partial charge in [0.15, 0.2) is 0 Å². The Kier molecular flexibility index (Phi) is 7.21. The van der Waals surface area contributed by atoms with Crippen LogP contribution >= 0.6 is 23.4 Å². The molecule has 2 aliphatic carbocycles.